The lowest BCUT2D eigenvalue weighted by Crippen LogP contribution is -2.50. The summed E-state index contributed by atoms with van der Waals surface area (Å²) in [6, 6.07) is 12.7. The fourth-order valence-corrected chi connectivity index (χ4v) is 5.70. The Bertz CT molecular complexity index is 1140. The molecule has 0 aromatic heterocycles. The van der Waals surface area contributed by atoms with E-state index in [0.717, 1.165) is 43.2 Å². The molecule has 2 aromatic carbocycles. The number of carbonyl (C=O) groups is 2. The van der Waals surface area contributed by atoms with Crippen LogP contribution in [-0.2, 0) is 16.6 Å². The van der Waals surface area contributed by atoms with Crippen molar-refractivity contribution >= 4 is 11.9 Å². The molecule has 0 heterocycles. The van der Waals surface area contributed by atoms with Crippen molar-refractivity contribution in [3.05, 3.63) is 69.8 Å². The largest absolute Gasteiger partial charge is 0.480 e. The third-order valence-corrected chi connectivity index (χ3v) is 9.45. The highest BCUT2D eigenvalue weighted by molar-refractivity contribution is 5.98. The first-order valence-electron chi connectivity index (χ1n) is 14.1. The average molecular weight is 524 g/mol. The van der Waals surface area contributed by atoms with Crippen LogP contribution >= 0.6 is 0 Å². The molecule has 0 saturated heterocycles. The van der Waals surface area contributed by atoms with Crippen molar-refractivity contribution in [1.29, 1.82) is 0 Å². The van der Waals surface area contributed by atoms with Crippen molar-refractivity contribution in [3.63, 3.8) is 0 Å². The minimum atomic E-state index is -1.31. The van der Waals surface area contributed by atoms with Gasteiger partial charge in [0, 0.05) is 18.0 Å². The van der Waals surface area contributed by atoms with E-state index in [-0.39, 0.29) is 17.2 Å². The number of aryl methyl sites for hydroxylation is 2. The van der Waals surface area contributed by atoms with Gasteiger partial charge in [-0.25, -0.2) is 4.79 Å². The number of rotatable bonds is 12. The van der Waals surface area contributed by atoms with E-state index in [1.807, 2.05) is 19.1 Å². The summed E-state index contributed by atoms with van der Waals surface area (Å²) in [5.74, 6) is -1.17. The quantitative estimate of drug-likeness (QED) is 0.312. The number of nitrogens with zero attached hydrogens (tertiary/aromatic N) is 1. The van der Waals surface area contributed by atoms with Gasteiger partial charge in [0.15, 0.2) is 0 Å². The van der Waals surface area contributed by atoms with Gasteiger partial charge in [-0.2, -0.15) is 0 Å². The topological polar surface area (TPSA) is 77.8 Å². The number of amides is 1. The number of carbonyl (C=O) groups excluding carboxylic acids is 1. The minimum Gasteiger partial charge on any atom is -0.480 e. The average Bonchev–Trinajstić information content (AvgIpc) is 2.89. The summed E-state index contributed by atoms with van der Waals surface area (Å²) >= 11 is 0. The molecule has 210 valence electrons. The molecule has 0 aliphatic rings. The molecule has 0 bridgehead atoms. The molecule has 5 nitrogen and oxygen atoms in total. The Hall–Kier alpha value is -2.66. The second-order valence-electron chi connectivity index (χ2n) is 11.6. The molecule has 1 unspecified atom stereocenters. The molecular weight excluding hydrogens is 474 g/mol. The van der Waals surface area contributed by atoms with Gasteiger partial charge in [0.05, 0.1) is 5.60 Å². The highest BCUT2D eigenvalue weighted by atomic mass is 16.4. The predicted molar refractivity (Wildman–Crippen MR) is 156 cm³/mol. The van der Waals surface area contributed by atoms with Crippen LogP contribution in [0.25, 0.3) is 0 Å². The monoisotopic (exact) mass is 523 g/mol. The van der Waals surface area contributed by atoms with E-state index < -0.39 is 17.1 Å². The molecule has 0 spiro atoms. The lowest BCUT2D eigenvalue weighted by atomic mass is 9.69. The Kier molecular flexibility index (Phi) is 9.99. The zero-order valence-electron chi connectivity index (χ0n) is 25.2. The molecule has 0 saturated carbocycles. The fourth-order valence-electron chi connectivity index (χ4n) is 5.70. The van der Waals surface area contributed by atoms with Crippen LogP contribution in [0.3, 0.4) is 0 Å². The Morgan fingerprint density at radius 2 is 1.37 bits per heavy atom. The van der Waals surface area contributed by atoms with Gasteiger partial charge >= 0.3 is 5.97 Å². The normalized spacial score (nSPS) is 13.3. The van der Waals surface area contributed by atoms with Crippen LogP contribution in [0.5, 0.6) is 0 Å². The Morgan fingerprint density at radius 3 is 1.79 bits per heavy atom. The van der Waals surface area contributed by atoms with Crippen LogP contribution in [0.15, 0.2) is 36.4 Å². The second kappa shape index (κ2) is 12.0. The zero-order chi connectivity index (χ0) is 29.1. The fraction of sp³-hybridized carbons (Fsp3) is 0.576. The smallest absolute Gasteiger partial charge is 0.329 e. The highest BCUT2D eigenvalue weighted by Crippen LogP contribution is 2.41. The highest BCUT2D eigenvalue weighted by Gasteiger charge is 2.37. The summed E-state index contributed by atoms with van der Waals surface area (Å²) < 4.78 is 0. The number of benzene rings is 2. The summed E-state index contributed by atoms with van der Waals surface area (Å²) in [7, 11) is 1.54. The first-order valence-corrected chi connectivity index (χ1v) is 14.1. The molecule has 0 fully saturated rings. The molecule has 1 atom stereocenters. The van der Waals surface area contributed by atoms with Crippen molar-refractivity contribution in [2.75, 3.05) is 7.05 Å². The Labute approximate surface area is 230 Å². The number of hydrogen-bond acceptors (Lipinski definition) is 3. The summed E-state index contributed by atoms with van der Waals surface area (Å²) in [6.07, 6.45) is 4.15. The summed E-state index contributed by atoms with van der Waals surface area (Å²) in [5, 5.41) is 20.6. The molecule has 0 aliphatic heterocycles. The second-order valence-corrected chi connectivity index (χ2v) is 11.6. The molecular formula is C33H49NO4. The molecule has 1 amide bonds. The molecule has 5 heteroatoms. The lowest BCUT2D eigenvalue weighted by Gasteiger charge is -2.36. The van der Waals surface area contributed by atoms with Crippen LogP contribution in [0, 0.1) is 19.8 Å². The van der Waals surface area contributed by atoms with Crippen molar-refractivity contribution in [1.82, 2.24) is 4.90 Å². The number of carboxylic acid groups (broad SMARTS) is 1. The van der Waals surface area contributed by atoms with E-state index in [1.165, 1.54) is 35.4 Å². The molecule has 2 rings (SSSR count). The van der Waals surface area contributed by atoms with E-state index in [2.05, 4.69) is 65.8 Å². The van der Waals surface area contributed by atoms with Crippen molar-refractivity contribution in [3.8, 4) is 0 Å². The van der Waals surface area contributed by atoms with Gasteiger partial charge < -0.3 is 15.1 Å². The molecule has 0 radical (unpaired) electrons. The van der Waals surface area contributed by atoms with Gasteiger partial charge in [-0.3, -0.25) is 4.79 Å². The number of aliphatic carboxylic acids is 1. The third-order valence-electron chi connectivity index (χ3n) is 9.45. The molecule has 38 heavy (non-hydrogen) atoms. The van der Waals surface area contributed by atoms with Gasteiger partial charge in [-0.15, -0.1) is 0 Å². The van der Waals surface area contributed by atoms with Crippen LogP contribution in [0.2, 0.25) is 0 Å². The van der Waals surface area contributed by atoms with Gasteiger partial charge in [0.2, 0.25) is 0 Å². The number of aliphatic hydroxyl groups is 1. The first-order chi connectivity index (χ1) is 17.6. The molecule has 2 aromatic rings. The van der Waals surface area contributed by atoms with Crippen molar-refractivity contribution < 1.29 is 19.8 Å². The summed E-state index contributed by atoms with van der Waals surface area (Å²) in [5.41, 5.74) is 4.11. The van der Waals surface area contributed by atoms with E-state index in [0.29, 0.717) is 5.56 Å². The maximum atomic E-state index is 13.2. The lowest BCUT2D eigenvalue weighted by molar-refractivity contribution is -0.147. The van der Waals surface area contributed by atoms with Crippen LogP contribution in [0.4, 0.5) is 0 Å². The maximum absolute atomic E-state index is 13.2. The Morgan fingerprint density at radius 1 is 0.868 bits per heavy atom. The first kappa shape index (κ1) is 31.6. The summed E-state index contributed by atoms with van der Waals surface area (Å²) in [4.78, 5) is 26.2. The standard InChI is InChI=1S/C33H49NO4/c1-11-32(12-2,26-16-15-25(22(5)19-26)21-24(7)33(38,13-3)14-4)27-17-18-28(23(6)20-27)29(35)34(10)31(8,9)30(36)37/h15-20,24,38H,11-14,21H2,1-10H3,(H,36,37). The van der Waals surface area contributed by atoms with Crippen molar-refractivity contribution in [2.45, 2.75) is 111 Å². The SMILES string of the molecule is CCC(CC)(c1ccc(CC(C)C(O)(CC)CC)c(C)c1)c1ccc(C(=O)N(C)C(C)(C)C(=O)O)c(C)c1. The van der Waals surface area contributed by atoms with E-state index in [9.17, 15) is 19.8 Å². The number of carboxylic acids is 1. The van der Waals surface area contributed by atoms with Crippen LogP contribution in [-0.4, -0.2) is 45.2 Å². The minimum absolute atomic E-state index is 0.168. The zero-order valence-corrected chi connectivity index (χ0v) is 25.2. The van der Waals surface area contributed by atoms with Crippen molar-refractivity contribution in [2.24, 2.45) is 5.92 Å². The van der Waals surface area contributed by atoms with Crippen LogP contribution in [0.1, 0.15) is 112 Å². The molecule has 2 N–H and O–H groups in total. The third kappa shape index (κ3) is 5.83. The summed E-state index contributed by atoms with van der Waals surface area (Å²) in [6.45, 7) is 17.8. The number of likely N-dealkylation sites (N-methyl/N-ethyl adjacent to an activating group) is 1. The van der Waals surface area contributed by atoms with E-state index >= 15 is 0 Å². The van der Waals surface area contributed by atoms with E-state index in [4.69, 9.17) is 0 Å². The van der Waals surface area contributed by atoms with E-state index in [1.54, 1.807) is 7.05 Å². The number of hydrogen-bond donors (Lipinski definition) is 2. The van der Waals surface area contributed by atoms with Gasteiger partial charge in [-0.1, -0.05) is 65.0 Å². The van der Waals surface area contributed by atoms with Gasteiger partial charge in [0.25, 0.3) is 5.91 Å². The maximum Gasteiger partial charge on any atom is 0.329 e. The van der Waals surface area contributed by atoms with Gasteiger partial charge in [0.1, 0.15) is 5.54 Å². The van der Waals surface area contributed by atoms with Crippen LogP contribution < -0.4 is 0 Å². The predicted octanol–water partition coefficient (Wildman–Crippen LogP) is 7.07. The molecule has 0 aliphatic carbocycles. The van der Waals surface area contributed by atoms with Gasteiger partial charge in [-0.05, 0) is 99.6 Å². The Balaban J connectivity index is 2.47.